The van der Waals surface area contributed by atoms with Gasteiger partial charge in [-0.05, 0) is 30.2 Å². The molecule has 1 aromatic heterocycles. The van der Waals surface area contributed by atoms with E-state index in [1.54, 1.807) is 0 Å². The Bertz CT molecular complexity index is 514. The molecule has 0 unspecified atom stereocenters. The van der Waals surface area contributed by atoms with Crippen molar-refractivity contribution in [3.8, 4) is 0 Å². The van der Waals surface area contributed by atoms with E-state index < -0.39 is 0 Å². The fraction of sp³-hybridized carbons (Fsp3) is 0.333. The monoisotopic (exact) mass is 251 g/mol. The Balaban J connectivity index is 2.44. The summed E-state index contributed by atoms with van der Waals surface area (Å²) in [6.07, 6.45) is 0.812. The Morgan fingerprint density at radius 2 is 2.12 bits per heavy atom. The fourth-order valence-electron chi connectivity index (χ4n) is 1.63. The number of nitrogens with one attached hydrogen (secondary N) is 1. The molecule has 0 aliphatic heterocycles. The van der Waals surface area contributed by atoms with Crippen molar-refractivity contribution in [1.29, 1.82) is 0 Å². The maximum atomic E-state index is 9.19. The largest absolute Gasteiger partial charge is 0.394 e. The average molecular weight is 252 g/mol. The third-order valence-corrected chi connectivity index (χ3v) is 2.80. The molecule has 17 heavy (non-hydrogen) atoms. The first-order chi connectivity index (χ1) is 8.24. The van der Waals surface area contributed by atoms with E-state index in [1.165, 1.54) is 0 Å². The van der Waals surface area contributed by atoms with Gasteiger partial charge in [0.25, 0.3) is 0 Å². The minimum absolute atomic E-state index is 0.0237. The van der Waals surface area contributed by atoms with Crippen LogP contribution in [0.5, 0.6) is 0 Å². The van der Waals surface area contributed by atoms with Crippen molar-refractivity contribution >= 4 is 28.3 Å². The van der Waals surface area contributed by atoms with Crippen molar-refractivity contribution < 1.29 is 5.11 Å². The van der Waals surface area contributed by atoms with E-state index in [-0.39, 0.29) is 17.9 Å². The van der Waals surface area contributed by atoms with Crippen molar-refractivity contribution in [2.75, 3.05) is 11.9 Å². The molecule has 1 atom stereocenters. The molecule has 1 aromatic carbocycles. The van der Waals surface area contributed by atoms with Crippen molar-refractivity contribution in [2.45, 2.75) is 19.4 Å². The molecule has 2 N–H and O–H groups in total. The molecule has 5 heteroatoms. The second kappa shape index (κ2) is 5.29. The van der Waals surface area contributed by atoms with Gasteiger partial charge < -0.3 is 10.4 Å². The third kappa shape index (κ3) is 2.65. The number of anilines is 1. The first-order valence-electron chi connectivity index (χ1n) is 5.54. The second-order valence-corrected chi connectivity index (χ2v) is 4.13. The lowest BCUT2D eigenvalue weighted by atomic mass is 10.2. The summed E-state index contributed by atoms with van der Waals surface area (Å²) in [5.74, 6) is 0.668. The summed E-state index contributed by atoms with van der Waals surface area (Å²) < 4.78 is 0. The van der Waals surface area contributed by atoms with E-state index >= 15 is 0 Å². The van der Waals surface area contributed by atoms with Gasteiger partial charge in [-0.2, -0.15) is 0 Å². The number of rotatable bonds is 4. The Kier molecular flexibility index (Phi) is 3.76. The quantitative estimate of drug-likeness (QED) is 0.820. The molecule has 4 nitrogen and oxygen atoms in total. The maximum Gasteiger partial charge on any atom is 0.224 e. The molecule has 0 aliphatic rings. The van der Waals surface area contributed by atoms with Gasteiger partial charge in [0.15, 0.2) is 0 Å². The molecule has 0 radical (unpaired) electrons. The third-order valence-electron chi connectivity index (χ3n) is 2.63. The number of hydrogen-bond donors (Lipinski definition) is 2. The Morgan fingerprint density at radius 3 is 2.82 bits per heavy atom. The summed E-state index contributed by atoms with van der Waals surface area (Å²) in [6, 6.07) is 7.61. The molecule has 90 valence electrons. The molecule has 0 fully saturated rings. The van der Waals surface area contributed by atoms with E-state index in [9.17, 15) is 5.11 Å². The molecule has 0 saturated heterocycles. The van der Waals surface area contributed by atoms with E-state index in [4.69, 9.17) is 11.6 Å². The van der Waals surface area contributed by atoms with Crippen LogP contribution in [0.2, 0.25) is 5.28 Å². The van der Waals surface area contributed by atoms with E-state index in [2.05, 4.69) is 15.3 Å². The van der Waals surface area contributed by atoms with Crippen LogP contribution in [-0.2, 0) is 0 Å². The average Bonchev–Trinajstić information content (AvgIpc) is 2.35. The summed E-state index contributed by atoms with van der Waals surface area (Å²) in [5.41, 5.74) is 0.794. The van der Waals surface area contributed by atoms with E-state index in [0.29, 0.717) is 5.82 Å². The van der Waals surface area contributed by atoms with E-state index in [0.717, 1.165) is 17.3 Å². The van der Waals surface area contributed by atoms with Crippen molar-refractivity contribution in [3.63, 3.8) is 0 Å². The lowest BCUT2D eigenvalue weighted by Gasteiger charge is -2.16. The number of fused-ring (bicyclic) bond motifs is 1. The van der Waals surface area contributed by atoms with Gasteiger partial charge >= 0.3 is 0 Å². The summed E-state index contributed by atoms with van der Waals surface area (Å²) in [4.78, 5) is 8.32. The number of aliphatic hydroxyl groups is 1. The maximum absolute atomic E-state index is 9.19. The Hall–Kier alpha value is -1.39. The molecule has 0 aliphatic carbocycles. The zero-order valence-corrected chi connectivity index (χ0v) is 10.3. The number of para-hydroxylation sites is 1. The smallest absolute Gasteiger partial charge is 0.224 e. The zero-order valence-electron chi connectivity index (χ0n) is 9.52. The van der Waals surface area contributed by atoms with Gasteiger partial charge in [-0.15, -0.1) is 0 Å². The number of aliphatic hydroxyl groups excluding tert-OH is 1. The molecule has 0 spiro atoms. The molecule has 2 rings (SSSR count). The van der Waals surface area contributed by atoms with Gasteiger partial charge in [0.1, 0.15) is 5.82 Å². The van der Waals surface area contributed by atoms with Gasteiger partial charge in [-0.3, -0.25) is 0 Å². The van der Waals surface area contributed by atoms with E-state index in [1.807, 2.05) is 31.2 Å². The normalized spacial score (nSPS) is 12.6. The van der Waals surface area contributed by atoms with Gasteiger partial charge in [-0.1, -0.05) is 19.1 Å². The number of aromatic nitrogens is 2. The van der Waals surface area contributed by atoms with Crippen molar-refractivity contribution in [3.05, 3.63) is 29.5 Å². The second-order valence-electron chi connectivity index (χ2n) is 3.79. The van der Waals surface area contributed by atoms with Crippen LogP contribution in [0.15, 0.2) is 24.3 Å². The number of hydrogen-bond acceptors (Lipinski definition) is 4. The van der Waals surface area contributed by atoms with Crippen LogP contribution in [0.3, 0.4) is 0 Å². The van der Waals surface area contributed by atoms with Crippen LogP contribution in [-0.4, -0.2) is 27.7 Å². The summed E-state index contributed by atoms with van der Waals surface area (Å²) in [7, 11) is 0. The summed E-state index contributed by atoms with van der Waals surface area (Å²) in [5, 5.41) is 13.5. The van der Waals surface area contributed by atoms with Crippen LogP contribution >= 0.6 is 11.6 Å². The standard InChI is InChI=1S/C12H14ClN3O/c1-2-8(7-17)14-11-9-5-3-4-6-10(9)15-12(13)16-11/h3-6,8,17H,2,7H2,1H3,(H,14,15,16)/t8-/m0/s1. The van der Waals surface area contributed by atoms with Gasteiger partial charge in [0.2, 0.25) is 5.28 Å². The van der Waals surface area contributed by atoms with Gasteiger partial charge in [0, 0.05) is 5.39 Å². The highest BCUT2D eigenvalue weighted by molar-refractivity contribution is 6.28. The molecular formula is C12H14ClN3O. The first kappa shape index (κ1) is 12.1. The van der Waals surface area contributed by atoms with Crippen molar-refractivity contribution in [2.24, 2.45) is 0 Å². The highest BCUT2D eigenvalue weighted by atomic mass is 35.5. The van der Waals surface area contributed by atoms with Gasteiger partial charge in [-0.25, -0.2) is 9.97 Å². The SMILES string of the molecule is CC[C@@H](CO)Nc1nc(Cl)nc2ccccc12. The van der Waals surface area contributed by atoms with Crippen LogP contribution in [0, 0.1) is 0 Å². The Morgan fingerprint density at radius 1 is 1.35 bits per heavy atom. The van der Waals surface area contributed by atoms with Crippen molar-refractivity contribution in [1.82, 2.24) is 9.97 Å². The molecular weight excluding hydrogens is 238 g/mol. The van der Waals surface area contributed by atoms with Gasteiger partial charge in [0.05, 0.1) is 18.2 Å². The lowest BCUT2D eigenvalue weighted by Crippen LogP contribution is -2.23. The number of benzene rings is 1. The highest BCUT2D eigenvalue weighted by Gasteiger charge is 2.10. The molecule has 0 bridgehead atoms. The van der Waals surface area contributed by atoms with Crippen LogP contribution < -0.4 is 5.32 Å². The topological polar surface area (TPSA) is 58.0 Å². The first-order valence-corrected chi connectivity index (χ1v) is 5.92. The van der Waals surface area contributed by atoms with Crippen LogP contribution in [0.4, 0.5) is 5.82 Å². The lowest BCUT2D eigenvalue weighted by molar-refractivity contribution is 0.271. The number of halogens is 1. The zero-order chi connectivity index (χ0) is 12.3. The summed E-state index contributed by atoms with van der Waals surface area (Å²) >= 11 is 5.87. The molecule has 0 saturated carbocycles. The molecule has 2 aromatic rings. The minimum Gasteiger partial charge on any atom is -0.394 e. The fourth-order valence-corrected chi connectivity index (χ4v) is 1.80. The minimum atomic E-state index is -0.0237. The van der Waals surface area contributed by atoms with Crippen LogP contribution in [0.1, 0.15) is 13.3 Å². The molecule has 0 amide bonds. The van der Waals surface area contributed by atoms with Crippen LogP contribution in [0.25, 0.3) is 10.9 Å². The predicted molar refractivity (Wildman–Crippen MR) is 69.3 cm³/mol. The number of nitrogens with zero attached hydrogens (tertiary/aromatic N) is 2. The molecule has 1 heterocycles. The predicted octanol–water partition coefficient (Wildman–Crippen LogP) is 2.47. The summed E-state index contributed by atoms with van der Waals surface area (Å²) in [6.45, 7) is 2.06. The Labute approximate surface area is 105 Å². The highest BCUT2D eigenvalue weighted by Crippen LogP contribution is 2.22.